The van der Waals surface area contributed by atoms with E-state index in [1.54, 1.807) is 60.7 Å². The molecule has 0 saturated carbocycles. The first-order chi connectivity index (χ1) is 14.9. The van der Waals surface area contributed by atoms with Gasteiger partial charge in [0.2, 0.25) is 9.84 Å². The van der Waals surface area contributed by atoms with Gasteiger partial charge in [-0.25, -0.2) is 8.42 Å². The van der Waals surface area contributed by atoms with Gasteiger partial charge in [-0.3, -0.25) is 0 Å². The second-order valence-electron chi connectivity index (χ2n) is 7.23. The summed E-state index contributed by atoms with van der Waals surface area (Å²) in [6.45, 7) is 3.91. The zero-order valence-electron chi connectivity index (χ0n) is 17.3. The third-order valence-electron chi connectivity index (χ3n) is 4.71. The van der Waals surface area contributed by atoms with Gasteiger partial charge in [0.25, 0.3) is 0 Å². The van der Waals surface area contributed by atoms with E-state index in [4.69, 9.17) is 9.47 Å². The van der Waals surface area contributed by atoms with E-state index in [2.05, 4.69) is 0 Å². The Morgan fingerprint density at radius 1 is 0.548 bits per heavy atom. The summed E-state index contributed by atoms with van der Waals surface area (Å²) in [5, 5.41) is 0. The molecule has 31 heavy (non-hydrogen) atoms. The van der Waals surface area contributed by atoms with Crippen LogP contribution in [0, 0.1) is 13.8 Å². The summed E-state index contributed by atoms with van der Waals surface area (Å²) >= 11 is 0. The monoisotopic (exact) mass is 430 g/mol. The Labute approximate surface area is 182 Å². The van der Waals surface area contributed by atoms with E-state index in [9.17, 15) is 8.42 Å². The third kappa shape index (κ3) is 4.62. The summed E-state index contributed by atoms with van der Waals surface area (Å²) in [6, 6.07) is 28.2. The van der Waals surface area contributed by atoms with E-state index in [0.717, 1.165) is 11.1 Å². The highest BCUT2D eigenvalue weighted by atomic mass is 32.2. The van der Waals surface area contributed by atoms with E-state index in [1.807, 2.05) is 50.2 Å². The number of hydrogen-bond donors (Lipinski definition) is 0. The molecule has 0 aromatic heterocycles. The van der Waals surface area contributed by atoms with Crippen molar-refractivity contribution in [2.75, 3.05) is 0 Å². The minimum Gasteiger partial charge on any atom is -0.456 e. The van der Waals surface area contributed by atoms with E-state index < -0.39 is 9.84 Å². The third-order valence-corrected chi connectivity index (χ3v) is 6.54. The van der Waals surface area contributed by atoms with Crippen LogP contribution in [0.15, 0.2) is 107 Å². The number of rotatable bonds is 6. The zero-order chi connectivity index (χ0) is 21.8. The molecule has 0 saturated heterocycles. The fourth-order valence-corrected chi connectivity index (χ4v) is 4.74. The Hall–Kier alpha value is -3.57. The molecule has 5 heteroatoms. The lowest BCUT2D eigenvalue weighted by Gasteiger charge is -2.15. The molecule has 0 spiro atoms. The highest BCUT2D eigenvalue weighted by Crippen LogP contribution is 2.37. The van der Waals surface area contributed by atoms with Gasteiger partial charge >= 0.3 is 0 Å². The lowest BCUT2D eigenvalue weighted by atomic mass is 10.2. The topological polar surface area (TPSA) is 52.6 Å². The molecular weight excluding hydrogens is 408 g/mol. The minimum absolute atomic E-state index is 0.0804. The molecule has 0 radical (unpaired) electrons. The molecule has 0 unspecified atom stereocenters. The average molecular weight is 431 g/mol. The van der Waals surface area contributed by atoms with Crippen molar-refractivity contribution in [1.82, 2.24) is 0 Å². The molecule has 4 aromatic rings. The molecule has 0 N–H and O–H groups in total. The van der Waals surface area contributed by atoms with Crippen LogP contribution in [0.5, 0.6) is 23.0 Å². The first kappa shape index (κ1) is 20.7. The molecule has 4 aromatic carbocycles. The van der Waals surface area contributed by atoms with Crippen molar-refractivity contribution in [2.24, 2.45) is 0 Å². The first-order valence-electron chi connectivity index (χ1n) is 9.86. The van der Waals surface area contributed by atoms with Gasteiger partial charge in [-0.15, -0.1) is 0 Å². The van der Waals surface area contributed by atoms with Crippen LogP contribution in [0.3, 0.4) is 0 Å². The SMILES string of the molecule is Cc1cccc(Oc2ccccc2S(=O)(=O)c2ccccc2Oc2cccc(C)c2)c1. The van der Waals surface area contributed by atoms with Crippen molar-refractivity contribution in [3.8, 4) is 23.0 Å². The Morgan fingerprint density at radius 3 is 1.39 bits per heavy atom. The standard InChI is InChI=1S/C26H22O4S/c1-19-9-7-11-21(17-19)29-23-13-3-5-15-25(23)31(27,28)26-16-6-4-14-24(26)30-22-12-8-10-20(2)18-22/h3-18H,1-2H3. The molecule has 0 bridgehead atoms. The maximum Gasteiger partial charge on any atom is 0.213 e. The quantitative estimate of drug-likeness (QED) is 0.341. The number of aryl methyl sites for hydroxylation is 2. The predicted octanol–water partition coefficient (Wildman–Crippen LogP) is 6.72. The maximum atomic E-state index is 13.6. The average Bonchev–Trinajstić information content (AvgIpc) is 2.74. The fourth-order valence-electron chi connectivity index (χ4n) is 3.24. The van der Waals surface area contributed by atoms with Crippen molar-refractivity contribution in [1.29, 1.82) is 0 Å². The Morgan fingerprint density at radius 2 is 0.968 bits per heavy atom. The van der Waals surface area contributed by atoms with Gasteiger partial charge in [0.1, 0.15) is 32.8 Å². The van der Waals surface area contributed by atoms with Crippen LogP contribution in [0.4, 0.5) is 0 Å². The number of ether oxygens (including phenoxy) is 2. The predicted molar refractivity (Wildman–Crippen MR) is 121 cm³/mol. The number of sulfone groups is 1. The van der Waals surface area contributed by atoms with Crippen molar-refractivity contribution in [3.05, 3.63) is 108 Å². The van der Waals surface area contributed by atoms with E-state index in [0.29, 0.717) is 11.5 Å². The molecule has 0 heterocycles. The smallest absolute Gasteiger partial charge is 0.213 e. The van der Waals surface area contributed by atoms with Crippen LogP contribution in [-0.2, 0) is 9.84 Å². The molecule has 4 rings (SSSR count). The second kappa shape index (κ2) is 8.66. The lowest BCUT2D eigenvalue weighted by molar-refractivity contribution is 0.461. The van der Waals surface area contributed by atoms with Crippen LogP contribution in [0.1, 0.15) is 11.1 Å². The lowest BCUT2D eigenvalue weighted by Crippen LogP contribution is -2.06. The number of para-hydroxylation sites is 2. The summed E-state index contributed by atoms with van der Waals surface area (Å²) in [6.07, 6.45) is 0. The Balaban J connectivity index is 1.75. The number of benzene rings is 4. The summed E-state index contributed by atoms with van der Waals surface area (Å²) in [5.41, 5.74) is 2.05. The van der Waals surface area contributed by atoms with Crippen molar-refractivity contribution in [2.45, 2.75) is 23.6 Å². The Bertz CT molecular complexity index is 1230. The van der Waals surface area contributed by atoms with Gasteiger partial charge in [0, 0.05) is 0 Å². The largest absolute Gasteiger partial charge is 0.456 e. The van der Waals surface area contributed by atoms with Gasteiger partial charge in [-0.05, 0) is 73.5 Å². The fraction of sp³-hybridized carbons (Fsp3) is 0.0769. The summed E-state index contributed by atoms with van der Waals surface area (Å²) < 4.78 is 39.2. The molecule has 0 aliphatic heterocycles. The van der Waals surface area contributed by atoms with Gasteiger partial charge in [0.15, 0.2) is 0 Å². The van der Waals surface area contributed by atoms with E-state index in [-0.39, 0.29) is 21.3 Å². The normalized spacial score (nSPS) is 11.2. The highest BCUT2D eigenvalue weighted by molar-refractivity contribution is 7.91. The van der Waals surface area contributed by atoms with Gasteiger partial charge in [0.05, 0.1) is 0 Å². The van der Waals surface area contributed by atoms with Crippen LogP contribution >= 0.6 is 0 Å². The molecule has 0 fully saturated rings. The summed E-state index contributed by atoms with van der Waals surface area (Å²) in [5.74, 6) is 1.68. The molecule has 156 valence electrons. The van der Waals surface area contributed by atoms with Gasteiger partial charge < -0.3 is 9.47 Å². The zero-order valence-corrected chi connectivity index (χ0v) is 18.1. The highest BCUT2D eigenvalue weighted by Gasteiger charge is 2.26. The van der Waals surface area contributed by atoms with Crippen molar-refractivity contribution >= 4 is 9.84 Å². The summed E-state index contributed by atoms with van der Waals surface area (Å²) in [7, 11) is -3.91. The number of hydrogen-bond acceptors (Lipinski definition) is 4. The maximum absolute atomic E-state index is 13.6. The first-order valence-corrected chi connectivity index (χ1v) is 11.3. The minimum atomic E-state index is -3.91. The molecule has 0 amide bonds. The molecule has 4 nitrogen and oxygen atoms in total. The van der Waals surface area contributed by atoms with Crippen LogP contribution < -0.4 is 9.47 Å². The van der Waals surface area contributed by atoms with Crippen LogP contribution in [-0.4, -0.2) is 8.42 Å². The van der Waals surface area contributed by atoms with Gasteiger partial charge in [-0.2, -0.15) is 0 Å². The van der Waals surface area contributed by atoms with Crippen molar-refractivity contribution in [3.63, 3.8) is 0 Å². The van der Waals surface area contributed by atoms with Crippen molar-refractivity contribution < 1.29 is 17.9 Å². The van der Waals surface area contributed by atoms with E-state index >= 15 is 0 Å². The Kier molecular flexibility index (Phi) is 5.78. The van der Waals surface area contributed by atoms with E-state index in [1.165, 1.54) is 0 Å². The molecule has 0 aliphatic carbocycles. The van der Waals surface area contributed by atoms with Crippen LogP contribution in [0.25, 0.3) is 0 Å². The molecular formula is C26H22O4S. The van der Waals surface area contributed by atoms with Crippen LogP contribution in [0.2, 0.25) is 0 Å². The van der Waals surface area contributed by atoms with Gasteiger partial charge in [-0.1, -0.05) is 48.5 Å². The summed E-state index contributed by atoms with van der Waals surface area (Å²) in [4.78, 5) is 0.161. The second-order valence-corrected chi connectivity index (χ2v) is 9.12. The molecule has 0 aliphatic rings. The molecule has 0 atom stereocenters.